The molecule has 6 nitrogen and oxygen atoms in total. The fraction of sp³-hybridized carbons (Fsp3) is 0.381. The molecule has 0 saturated carbocycles. The third-order valence-electron chi connectivity index (χ3n) is 4.73. The average molecular weight is 399 g/mol. The summed E-state index contributed by atoms with van der Waals surface area (Å²) in [6, 6.07) is 7.97. The molecule has 1 unspecified atom stereocenters. The molecule has 1 aliphatic rings. The molecule has 3 rings (SSSR count). The van der Waals surface area contributed by atoms with Crippen molar-refractivity contribution in [3.8, 4) is 0 Å². The number of rotatable bonds is 8. The number of benzene rings is 1. The van der Waals surface area contributed by atoms with Crippen molar-refractivity contribution in [2.24, 2.45) is 0 Å². The standard InChI is InChI=1S/C21H26N4O2S/c1-14(22-10-11-23-21(27)19-13-28-15(2)25-19)20(26)24-12-17-8-5-7-16-6-3-4-9-18(16)17/h3-4,6-7,9,13-14,22H,5,8,10-12H2,1-2H3,(H,23,27)(H,24,26). The zero-order valence-electron chi connectivity index (χ0n) is 16.2. The van der Waals surface area contributed by atoms with Gasteiger partial charge in [-0.15, -0.1) is 11.3 Å². The number of fused-ring (bicyclic) bond motifs is 1. The van der Waals surface area contributed by atoms with E-state index in [9.17, 15) is 9.59 Å². The molecule has 1 aromatic heterocycles. The zero-order valence-corrected chi connectivity index (χ0v) is 17.1. The van der Waals surface area contributed by atoms with E-state index in [-0.39, 0.29) is 17.9 Å². The summed E-state index contributed by atoms with van der Waals surface area (Å²) in [5, 5.41) is 14.1. The van der Waals surface area contributed by atoms with Gasteiger partial charge in [0.25, 0.3) is 5.91 Å². The average Bonchev–Trinajstić information content (AvgIpc) is 3.15. The van der Waals surface area contributed by atoms with Crippen LogP contribution in [0.3, 0.4) is 0 Å². The molecule has 1 atom stereocenters. The maximum Gasteiger partial charge on any atom is 0.270 e. The van der Waals surface area contributed by atoms with Gasteiger partial charge in [-0.1, -0.05) is 30.3 Å². The van der Waals surface area contributed by atoms with Crippen molar-refractivity contribution >= 4 is 34.8 Å². The summed E-state index contributed by atoms with van der Waals surface area (Å²) < 4.78 is 0. The van der Waals surface area contributed by atoms with Crippen LogP contribution in [0, 0.1) is 6.92 Å². The molecule has 0 fully saturated rings. The predicted octanol–water partition coefficient (Wildman–Crippen LogP) is 0.701. The highest BCUT2D eigenvalue weighted by Crippen LogP contribution is 2.07. The quantitative estimate of drug-likeness (QED) is 0.572. The third kappa shape index (κ3) is 5.27. The highest BCUT2D eigenvalue weighted by Gasteiger charge is 2.14. The molecule has 7 heteroatoms. The monoisotopic (exact) mass is 398 g/mol. The number of aromatic nitrogens is 1. The molecule has 1 heterocycles. The van der Waals surface area contributed by atoms with E-state index in [0.29, 0.717) is 25.3 Å². The molecule has 0 saturated heterocycles. The van der Waals surface area contributed by atoms with Crippen molar-refractivity contribution in [3.05, 3.63) is 50.8 Å². The van der Waals surface area contributed by atoms with Crippen LogP contribution in [0.1, 0.15) is 35.3 Å². The van der Waals surface area contributed by atoms with Crippen LogP contribution in [-0.4, -0.2) is 42.5 Å². The number of nitrogens with one attached hydrogen (secondary N) is 3. The second-order valence-electron chi connectivity index (χ2n) is 6.83. The fourth-order valence-corrected chi connectivity index (χ4v) is 3.77. The lowest BCUT2D eigenvalue weighted by Gasteiger charge is -2.16. The molecule has 0 bridgehead atoms. The second kappa shape index (κ2) is 9.61. The summed E-state index contributed by atoms with van der Waals surface area (Å²) >= 11 is 1.45. The Balaban J connectivity index is 1.42. The van der Waals surface area contributed by atoms with Crippen molar-refractivity contribution in [2.75, 3.05) is 19.6 Å². The van der Waals surface area contributed by atoms with Crippen molar-refractivity contribution in [1.82, 2.24) is 20.9 Å². The Morgan fingerprint density at radius 3 is 2.82 bits per heavy atom. The molecule has 28 heavy (non-hydrogen) atoms. The summed E-state index contributed by atoms with van der Waals surface area (Å²) in [5.74, 6) is -0.228. The summed E-state index contributed by atoms with van der Waals surface area (Å²) in [5.41, 5.74) is 1.71. The van der Waals surface area contributed by atoms with Crippen LogP contribution in [0.2, 0.25) is 0 Å². The van der Waals surface area contributed by atoms with Crippen LogP contribution >= 0.6 is 11.3 Å². The van der Waals surface area contributed by atoms with Gasteiger partial charge in [-0.3, -0.25) is 9.59 Å². The molecule has 148 valence electrons. The number of hydrogen-bond donors (Lipinski definition) is 3. The Labute approximate surface area is 168 Å². The van der Waals surface area contributed by atoms with E-state index < -0.39 is 0 Å². The lowest BCUT2D eigenvalue weighted by molar-refractivity contribution is -0.122. The fourth-order valence-electron chi connectivity index (χ4n) is 3.18. The second-order valence-corrected chi connectivity index (χ2v) is 7.90. The van der Waals surface area contributed by atoms with E-state index >= 15 is 0 Å². The number of carbonyl (C=O) groups excluding carboxylic acids is 2. The Morgan fingerprint density at radius 1 is 1.21 bits per heavy atom. The minimum absolute atomic E-state index is 0.0408. The maximum absolute atomic E-state index is 12.4. The Morgan fingerprint density at radius 2 is 2.04 bits per heavy atom. The van der Waals surface area contributed by atoms with Crippen LogP contribution < -0.4 is 26.4 Å². The molecule has 2 amide bonds. The van der Waals surface area contributed by atoms with Crippen LogP contribution in [-0.2, 0) is 4.79 Å². The van der Waals surface area contributed by atoms with Gasteiger partial charge >= 0.3 is 0 Å². The van der Waals surface area contributed by atoms with E-state index in [1.165, 1.54) is 27.3 Å². The first-order valence-electron chi connectivity index (χ1n) is 9.53. The molecule has 1 aromatic carbocycles. The van der Waals surface area contributed by atoms with E-state index in [1.54, 1.807) is 5.38 Å². The van der Waals surface area contributed by atoms with Crippen LogP contribution in [0.15, 0.2) is 29.6 Å². The summed E-state index contributed by atoms with van der Waals surface area (Å²) in [6.45, 7) is 5.21. The van der Waals surface area contributed by atoms with Crippen LogP contribution in [0.25, 0.3) is 11.6 Å². The molecule has 0 radical (unpaired) electrons. The zero-order chi connectivity index (χ0) is 19.9. The number of amides is 2. The van der Waals surface area contributed by atoms with Crippen molar-refractivity contribution in [3.63, 3.8) is 0 Å². The first kappa shape index (κ1) is 20.2. The van der Waals surface area contributed by atoms with Gasteiger partial charge in [0.05, 0.1) is 11.0 Å². The highest BCUT2D eigenvalue weighted by molar-refractivity contribution is 7.09. The van der Waals surface area contributed by atoms with E-state index in [0.717, 1.165) is 17.8 Å². The lowest BCUT2D eigenvalue weighted by atomic mass is 9.99. The van der Waals surface area contributed by atoms with Crippen LogP contribution in [0.5, 0.6) is 0 Å². The summed E-state index contributed by atoms with van der Waals surface area (Å²) in [4.78, 5) is 28.4. The lowest BCUT2D eigenvalue weighted by Crippen LogP contribution is -2.46. The number of nitrogens with zero attached hydrogens (tertiary/aromatic N) is 1. The first-order valence-corrected chi connectivity index (χ1v) is 10.4. The van der Waals surface area contributed by atoms with Gasteiger partial charge in [0.15, 0.2) is 0 Å². The maximum atomic E-state index is 12.4. The largest absolute Gasteiger partial charge is 0.351 e. The Kier molecular flexibility index (Phi) is 6.95. The molecule has 0 aliphatic heterocycles. The van der Waals surface area contributed by atoms with Crippen molar-refractivity contribution in [2.45, 2.75) is 32.7 Å². The molecule has 0 spiro atoms. The third-order valence-corrected chi connectivity index (χ3v) is 5.51. The Bertz CT molecular complexity index is 967. The molecular formula is C21H26N4O2S. The normalized spacial score (nSPS) is 14.0. The number of carbonyl (C=O) groups is 2. The van der Waals surface area contributed by atoms with Gasteiger partial charge in [0.1, 0.15) is 5.69 Å². The van der Waals surface area contributed by atoms with Gasteiger partial charge in [-0.25, -0.2) is 4.98 Å². The SMILES string of the molecule is Cc1nc(C(=O)NCCNC(C)C(=O)NCC2=c3ccccc3=CCC2)cs1. The molecule has 2 aromatic rings. The van der Waals surface area contributed by atoms with Crippen molar-refractivity contribution < 1.29 is 9.59 Å². The summed E-state index contributed by atoms with van der Waals surface area (Å²) in [6.07, 6.45) is 4.22. The first-order chi connectivity index (χ1) is 13.5. The number of thiazole rings is 1. The minimum Gasteiger partial charge on any atom is -0.351 e. The Hall–Kier alpha value is -2.51. The smallest absolute Gasteiger partial charge is 0.270 e. The van der Waals surface area contributed by atoms with Gasteiger partial charge in [0.2, 0.25) is 5.91 Å². The topological polar surface area (TPSA) is 83.1 Å². The highest BCUT2D eigenvalue weighted by atomic mass is 32.1. The number of aryl methyl sites for hydroxylation is 1. The van der Waals surface area contributed by atoms with Gasteiger partial charge < -0.3 is 16.0 Å². The van der Waals surface area contributed by atoms with Crippen molar-refractivity contribution in [1.29, 1.82) is 0 Å². The van der Waals surface area contributed by atoms with Gasteiger partial charge in [0, 0.05) is 25.0 Å². The van der Waals surface area contributed by atoms with Crippen LogP contribution in [0.4, 0.5) is 0 Å². The van der Waals surface area contributed by atoms with E-state index in [1.807, 2.05) is 26.0 Å². The van der Waals surface area contributed by atoms with Gasteiger partial charge in [-0.05, 0) is 42.7 Å². The number of hydrogen-bond acceptors (Lipinski definition) is 5. The van der Waals surface area contributed by atoms with E-state index in [2.05, 4.69) is 39.1 Å². The summed E-state index contributed by atoms with van der Waals surface area (Å²) in [7, 11) is 0. The molecule has 1 aliphatic carbocycles. The minimum atomic E-state index is -0.329. The predicted molar refractivity (Wildman–Crippen MR) is 112 cm³/mol. The van der Waals surface area contributed by atoms with Gasteiger partial charge in [-0.2, -0.15) is 0 Å². The molecule has 3 N–H and O–H groups in total. The molecular weight excluding hydrogens is 372 g/mol. The van der Waals surface area contributed by atoms with E-state index in [4.69, 9.17) is 0 Å².